The molecule has 0 atom stereocenters. The fraction of sp³-hybridized carbons (Fsp3) is 0.312. The van der Waals surface area contributed by atoms with Gasteiger partial charge in [-0.2, -0.15) is 10.1 Å². The van der Waals surface area contributed by atoms with Gasteiger partial charge in [0.05, 0.1) is 5.56 Å². The molecule has 3 aromatic rings. The summed E-state index contributed by atoms with van der Waals surface area (Å²) in [6, 6.07) is 5.93. The summed E-state index contributed by atoms with van der Waals surface area (Å²) in [6.45, 7) is 5.88. The quantitative estimate of drug-likeness (QED) is 0.641. The summed E-state index contributed by atoms with van der Waals surface area (Å²) in [5.41, 5.74) is 9.79. The third kappa shape index (κ3) is 2.44. The van der Waals surface area contributed by atoms with Crippen molar-refractivity contribution in [1.82, 2.24) is 14.8 Å². The van der Waals surface area contributed by atoms with E-state index in [0.29, 0.717) is 16.8 Å². The van der Waals surface area contributed by atoms with Gasteiger partial charge in [-0.3, -0.25) is 0 Å². The average Bonchev–Trinajstić information content (AvgIpc) is 3.05. The monoisotopic (exact) mass is 312 g/mol. The molecule has 0 aliphatic carbocycles. The minimum Gasteiger partial charge on any atom is -0.424 e. The topological polar surface area (TPSA) is 106 Å². The number of nitrogens with one attached hydrogen (secondary N) is 2. The van der Waals surface area contributed by atoms with Crippen molar-refractivity contribution in [2.24, 2.45) is 0 Å². The number of nitrogens with zero attached hydrogens (tertiary/aromatic N) is 3. The SMILES string of the molecule is CNc1c(C(C)=N)c(-c2ccc3oc(N)nc3c2)nn1C(C)C. The molecule has 0 bridgehead atoms. The molecule has 7 heteroatoms. The van der Waals surface area contributed by atoms with E-state index >= 15 is 0 Å². The van der Waals surface area contributed by atoms with E-state index in [-0.39, 0.29) is 12.1 Å². The molecule has 0 saturated carbocycles. The Labute approximate surface area is 134 Å². The molecule has 0 amide bonds. The summed E-state index contributed by atoms with van der Waals surface area (Å²) in [4.78, 5) is 4.17. The smallest absolute Gasteiger partial charge is 0.292 e. The first-order valence-electron chi connectivity index (χ1n) is 7.44. The number of oxazole rings is 1. The Bertz CT molecular complexity index is 889. The highest BCUT2D eigenvalue weighted by molar-refractivity contribution is 6.06. The minimum absolute atomic E-state index is 0.143. The Hall–Kier alpha value is -2.83. The Balaban J connectivity index is 2.26. The molecule has 0 radical (unpaired) electrons. The van der Waals surface area contributed by atoms with Crippen molar-refractivity contribution >= 4 is 28.6 Å². The first kappa shape index (κ1) is 15.1. The van der Waals surface area contributed by atoms with Crippen molar-refractivity contribution in [3.05, 3.63) is 23.8 Å². The van der Waals surface area contributed by atoms with E-state index in [0.717, 1.165) is 22.6 Å². The number of benzene rings is 1. The fourth-order valence-electron chi connectivity index (χ4n) is 2.70. The first-order chi connectivity index (χ1) is 10.9. The number of nitrogen functional groups attached to an aromatic ring is 1. The van der Waals surface area contributed by atoms with Crippen LogP contribution >= 0.6 is 0 Å². The summed E-state index contributed by atoms with van der Waals surface area (Å²) >= 11 is 0. The van der Waals surface area contributed by atoms with Gasteiger partial charge in [0.15, 0.2) is 5.58 Å². The van der Waals surface area contributed by atoms with Crippen LogP contribution < -0.4 is 11.1 Å². The fourth-order valence-corrected chi connectivity index (χ4v) is 2.70. The van der Waals surface area contributed by atoms with E-state index in [1.54, 1.807) is 6.92 Å². The van der Waals surface area contributed by atoms with Gasteiger partial charge in [-0.05, 0) is 39.0 Å². The molecule has 0 unspecified atom stereocenters. The van der Waals surface area contributed by atoms with Crippen molar-refractivity contribution in [3.63, 3.8) is 0 Å². The van der Waals surface area contributed by atoms with Gasteiger partial charge in [0, 0.05) is 24.4 Å². The van der Waals surface area contributed by atoms with E-state index < -0.39 is 0 Å². The molecule has 0 aliphatic rings. The summed E-state index contributed by atoms with van der Waals surface area (Å²) in [5.74, 6) is 0.835. The van der Waals surface area contributed by atoms with E-state index in [1.807, 2.05) is 29.9 Å². The van der Waals surface area contributed by atoms with Crippen LogP contribution in [0.2, 0.25) is 0 Å². The van der Waals surface area contributed by atoms with Crippen LogP contribution in [-0.4, -0.2) is 27.5 Å². The molecule has 0 saturated heterocycles. The van der Waals surface area contributed by atoms with Gasteiger partial charge in [-0.1, -0.05) is 0 Å². The number of hydrogen-bond acceptors (Lipinski definition) is 6. The third-order valence-electron chi connectivity index (χ3n) is 3.69. The maximum Gasteiger partial charge on any atom is 0.292 e. The van der Waals surface area contributed by atoms with Crippen LogP contribution in [0.15, 0.2) is 22.6 Å². The number of anilines is 2. The van der Waals surface area contributed by atoms with Crippen molar-refractivity contribution in [2.45, 2.75) is 26.8 Å². The second-order valence-electron chi connectivity index (χ2n) is 5.72. The van der Waals surface area contributed by atoms with Crippen LogP contribution in [0.3, 0.4) is 0 Å². The lowest BCUT2D eigenvalue weighted by atomic mass is 10.0. The van der Waals surface area contributed by atoms with Gasteiger partial charge in [0.2, 0.25) is 0 Å². The lowest BCUT2D eigenvalue weighted by Crippen LogP contribution is -2.08. The standard InChI is InChI=1S/C16H20N6O/c1-8(2)22-15(19-4)13(9(3)17)14(21-22)10-5-6-12-11(7-10)20-16(18)23-12/h5-8,17,19H,1-4H3,(H2,18,20). The van der Waals surface area contributed by atoms with Gasteiger partial charge in [0.1, 0.15) is 17.0 Å². The van der Waals surface area contributed by atoms with E-state index in [4.69, 9.17) is 20.7 Å². The molecule has 2 aromatic heterocycles. The zero-order valence-electron chi connectivity index (χ0n) is 13.6. The highest BCUT2D eigenvalue weighted by Crippen LogP contribution is 2.33. The van der Waals surface area contributed by atoms with Gasteiger partial charge < -0.3 is 20.9 Å². The molecular formula is C16H20N6O. The van der Waals surface area contributed by atoms with Crippen LogP contribution in [-0.2, 0) is 0 Å². The molecule has 3 rings (SSSR count). The van der Waals surface area contributed by atoms with Gasteiger partial charge in [-0.25, -0.2) is 4.68 Å². The van der Waals surface area contributed by atoms with Crippen LogP contribution in [0.25, 0.3) is 22.4 Å². The number of nitrogens with two attached hydrogens (primary N) is 1. The molecule has 120 valence electrons. The third-order valence-corrected chi connectivity index (χ3v) is 3.69. The largest absolute Gasteiger partial charge is 0.424 e. The molecule has 0 fully saturated rings. The highest BCUT2D eigenvalue weighted by atomic mass is 16.4. The van der Waals surface area contributed by atoms with E-state index in [9.17, 15) is 0 Å². The maximum atomic E-state index is 8.14. The summed E-state index contributed by atoms with van der Waals surface area (Å²) in [6.07, 6.45) is 0. The molecule has 4 N–H and O–H groups in total. The number of fused-ring (bicyclic) bond motifs is 1. The van der Waals surface area contributed by atoms with Crippen LogP contribution in [0.5, 0.6) is 0 Å². The van der Waals surface area contributed by atoms with Gasteiger partial charge in [-0.15, -0.1) is 0 Å². The predicted octanol–water partition coefficient (Wildman–Crippen LogP) is 3.28. The van der Waals surface area contributed by atoms with Gasteiger partial charge >= 0.3 is 0 Å². The molecule has 7 nitrogen and oxygen atoms in total. The van der Waals surface area contributed by atoms with E-state index in [2.05, 4.69) is 24.1 Å². The summed E-state index contributed by atoms with van der Waals surface area (Å²) < 4.78 is 7.20. The average molecular weight is 312 g/mol. The zero-order chi connectivity index (χ0) is 16.7. The van der Waals surface area contributed by atoms with Crippen molar-refractivity contribution < 1.29 is 4.42 Å². The molecular weight excluding hydrogens is 292 g/mol. The molecule has 23 heavy (non-hydrogen) atoms. The first-order valence-corrected chi connectivity index (χ1v) is 7.44. The minimum atomic E-state index is 0.143. The Kier molecular flexibility index (Phi) is 3.55. The maximum absolute atomic E-state index is 8.14. The number of aromatic nitrogens is 3. The van der Waals surface area contributed by atoms with Crippen LogP contribution in [0.4, 0.5) is 11.8 Å². The zero-order valence-corrected chi connectivity index (χ0v) is 13.6. The van der Waals surface area contributed by atoms with Crippen LogP contribution in [0.1, 0.15) is 32.4 Å². The number of rotatable bonds is 4. The van der Waals surface area contributed by atoms with Crippen molar-refractivity contribution in [3.8, 4) is 11.3 Å². The molecule has 2 heterocycles. The predicted molar refractivity (Wildman–Crippen MR) is 92.1 cm³/mol. The summed E-state index contributed by atoms with van der Waals surface area (Å²) in [7, 11) is 1.84. The number of hydrogen-bond donors (Lipinski definition) is 3. The lowest BCUT2D eigenvalue weighted by molar-refractivity contribution is 0.540. The van der Waals surface area contributed by atoms with E-state index in [1.165, 1.54) is 0 Å². The second-order valence-corrected chi connectivity index (χ2v) is 5.72. The normalized spacial score (nSPS) is 11.3. The Morgan fingerprint density at radius 2 is 2.13 bits per heavy atom. The second kappa shape index (κ2) is 5.42. The Morgan fingerprint density at radius 1 is 1.39 bits per heavy atom. The molecule has 0 aliphatic heterocycles. The summed E-state index contributed by atoms with van der Waals surface area (Å²) in [5, 5.41) is 16.0. The lowest BCUT2D eigenvalue weighted by Gasteiger charge is -2.11. The van der Waals surface area contributed by atoms with Crippen molar-refractivity contribution in [1.29, 1.82) is 5.41 Å². The molecule has 1 aromatic carbocycles. The van der Waals surface area contributed by atoms with Crippen LogP contribution in [0, 0.1) is 5.41 Å². The highest BCUT2D eigenvalue weighted by Gasteiger charge is 2.21. The van der Waals surface area contributed by atoms with Crippen molar-refractivity contribution in [2.75, 3.05) is 18.1 Å². The Morgan fingerprint density at radius 3 is 2.74 bits per heavy atom. The van der Waals surface area contributed by atoms with Gasteiger partial charge in [0.25, 0.3) is 6.01 Å². The molecule has 0 spiro atoms.